The molecule has 4 nitrogen and oxygen atoms in total. The minimum Gasteiger partial charge on any atom is -0.375 e. The predicted molar refractivity (Wildman–Crippen MR) is 64.0 cm³/mol. The summed E-state index contributed by atoms with van der Waals surface area (Å²) in [5.74, 6) is 0.0395. The number of amides is 1. The molecule has 1 rings (SSSR count). The fourth-order valence-corrected chi connectivity index (χ4v) is 1.83. The fourth-order valence-electron chi connectivity index (χ4n) is 1.83. The summed E-state index contributed by atoms with van der Waals surface area (Å²) in [6.07, 6.45) is 1.75. The van der Waals surface area contributed by atoms with Gasteiger partial charge in [0.2, 0.25) is 5.91 Å². The largest absolute Gasteiger partial charge is 0.375 e. The summed E-state index contributed by atoms with van der Waals surface area (Å²) >= 11 is 0. The summed E-state index contributed by atoms with van der Waals surface area (Å²) < 4.78 is 5.61. The molecule has 0 aromatic heterocycles. The first-order valence-corrected chi connectivity index (χ1v) is 5.92. The quantitative estimate of drug-likeness (QED) is 0.758. The van der Waals surface area contributed by atoms with Crippen molar-refractivity contribution in [1.29, 1.82) is 0 Å². The van der Waals surface area contributed by atoms with Crippen LogP contribution in [0.1, 0.15) is 40.5 Å². The summed E-state index contributed by atoms with van der Waals surface area (Å²) in [4.78, 5) is 11.9. The van der Waals surface area contributed by atoms with Crippen molar-refractivity contribution in [2.75, 3.05) is 13.2 Å². The van der Waals surface area contributed by atoms with Crippen LogP contribution in [0, 0.1) is 5.41 Å². The van der Waals surface area contributed by atoms with Gasteiger partial charge in [0.1, 0.15) is 0 Å². The maximum absolute atomic E-state index is 11.9. The van der Waals surface area contributed by atoms with Crippen LogP contribution >= 0.6 is 0 Å². The van der Waals surface area contributed by atoms with E-state index in [9.17, 15) is 4.79 Å². The minimum atomic E-state index is -0.484. The fraction of sp³-hybridized carbons (Fsp3) is 0.917. The first-order valence-electron chi connectivity index (χ1n) is 5.92. The van der Waals surface area contributed by atoms with Gasteiger partial charge in [-0.1, -0.05) is 0 Å². The number of nitrogens with one attached hydrogen (secondary N) is 1. The lowest BCUT2D eigenvalue weighted by molar-refractivity contribution is -0.131. The summed E-state index contributed by atoms with van der Waals surface area (Å²) in [5.41, 5.74) is 4.96. The molecule has 1 aliphatic rings. The Bertz CT molecular complexity index is 262. The zero-order chi connectivity index (χ0) is 12.4. The van der Waals surface area contributed by atoms with Crippen molar-refractivity contribution in [1.82, 2.24) is 5.32 Å². The lowest BCUT2D eigenvalue weighted by Gasteiger charge is -2.37. The molecule has 1 unspecified atom stereocenters. The third-order valence-corrected chi connectivity index (χ3v) is 3.16. The molecule has 1 atom stereocenters. The Morgan fingerprint density at radius 1 is 1.56 bits per heavy atom. The molecule has 1 amide bonds. The molecule has 1 heterocycles. The number of nitrogens with two attached hydrogens (primary N) is 1. The highest BCUT2D eigenvalue weighted by molar-refractivity contribution is 5.82. The van der Waals surface area contributed by atoms with Gasteiger partial charge in [0.25, 0.3) is 0 Å². The van der Waals surface area contributed by atoms with Gasteiger partial charge in [-0.15, -0.1) is 0 Å². The van der Waals surface area contributed by atoms with Gasteiger partial charge in [-0.05, 0) is 40.5 Å². The SMILES string of the molecule is CC1(C)CC(NC(=O)C(C)(C)CN)CCO1. The Balaban J connectivity index is 2.52. The lowest BCUT2D eigenvalue weighted by Crippen LogP contribution is -2.50. The molecule has 0 saturated carbocycles. The predicted octanol–water partition coefficient (Wildman–Crippen LogP) is 1.05. The summed E-state index contributed by atoms with van der Waals surface area (Å²) in [6.45, 7) is 8.92. The Hall–Kier alpha value is -0.610. The van der Waals surface area contributed by atoms with Crippen LogP contribution in [0.25, 0.3) is 0 Å². The molecular formula is C12H24N2O2. The van der Waals surface area contributed by atoms with Gasteiger partial charge in [0, 0.05) is 19.2 Å². The van der Waals surface area contributed by atoms with Crippen molar-refractivity contribution in [2.24, 2.45) is 11.1 Å². The van der Waals surface area contributed by atoms with E-state index in [0.29, 0.717) is 13.2 Å². The zero-order valence-corrected chi connectivity index (χ0v) is 10.8. The molecule has 0 bridgehead atoms. The van der Waals surface area contributed by atoms with Crippen molar-refractivity contribution >= 4 is 5.91 Å². The van der Waals surface area contributed by atoms with E-state index in [1.807, 2.05) is 13.8 Å². The molecule has 0 aromatic rings. The second-order valence-electron chi connectivity index (χ2n) is 5.86. The summed E-state index contributed by atoms with van der Waals surface area (Å²) in [7, 11) is 0. The van der Waals surface area contributed by atoms with Crippen LogP contribution in [-0.2, 0) is 9.53 Å². The number of hydrogen-bond acceptors (Lipinski definition) is 3. The number of rotatable bonds is 3. The molecule has 3 N–H and O–H groups in total. The molecular weight excluding hydrogens is 204 g/mol. The van der Waals surface area contributed by atoms with Gasteiger partial charge in [0.15, 0.2) is 0 Å². The number of hydrogen-bond donors (Lipinski definition) is 2. The second kappa shape index (κ2) is 4.72. The van der Waals surface area contributed by atoms with Gasteiger partial charge in [-0.2, -0.15) is 0 Å². The molecule has 1 aliphatic heterocycles. The molecule has 94 valence electrons. The molecule has 4 heteroatoms. The van der Waals surface area contributed by atoms with Crippen LogP contribution < -0.4 is 11.1 Å². The van der Waals surface area contributed by atoms with Gasteiger partial charge in [0.05, 0.1) is 11.0 Å². The van der Waals surface area contributed by atoms with E-state index in [4.69, 9.17) is 10.5 Å². The monoisotopic (exact) mass is 228 g/mol. The number of ether oxygens (including phenoxy) is 1. The summed E-state index contributed by atoms with van der Waals surface area (Å²) in [5, 5.41) is 3.07. The lowest BCUT2D eigenvalue weighted by atomic mass is 9.89. The maximum atomic E-state index is 11.9. The molecule has 0 aromatic carbocycles. The molecule has 0 spiro atoms. The average Bonchev–Trinajstić information content (AvgIpc) is 2.16. The first-order chi connectivity index (χ1) is 7.27. The van der Waals surface area contributed by atoms with Crippen LogP contribution in [0.3, 0.4) is 0 Å². The third kappa shape index (κ3) is 3.46. The third-order valence-electron chi connectivity index (χ3n) is 3.16. The Morgan fingerprint density at radius 3 is 2.69 bits per heavy atom. The van der Waals surface area contributed by atoms with Crippen LogP contribution in [0.2, 0.25) is 0 Å². The number of carbonyl (C=O) groups excluding carboxylic acids is 1. The van der Waals surface area contributed by atoms with E-state index in [2.05, 4.69) is 19.2 Å². The first kappa shape index (κ1) is 13.5. The summed E-state index contributed by atoms with van der Waals surface area (Å²) in [6, 6.07) is 0.210. The van der Waals surface area contributed by atoms with Crippen LogP contribution in [0.15, 0.2) is 0 Å². The van der Waals surface area contributed by atoms with E-state index in [1.54, 1.807) is 0 Å². The Kier molecular flexibility index (Phi) is 3.97. The van der Waals surface area contributed by atoms with E-state index in [-0.39, 0.29) is 17.6 Å². The smallest absolute Gasteiger partial charge is 0.227 e. The minimum absolute atomic E-state index is 0.0395. The average molecular weight is 228 g/mol. The standard InChI is InChI=1S/C12H24N2O2/c1-11(2,8-13)10(15)14-9-5-6-16-12(3,4)7-9/h9H,5-8,13H2,1-4H3,(H,14,15). The second-order valence-corrected chi connectivity index (χ2v) is 5.86. The molecule has 0 aliphatic carbocycles. The van der Waals surface area contributed by atoms with Crippen molar-refractivity contribution in [3.05, 3.63) is 0 Å². The molecule has 0 radical (unpaired) electrons. The van der Waals surface area contributed by atoms with Gasteiger partial charge >= 0.3 is 0 Å². The van der Waals surface area contributed by atoms with E-state index >= 15 is 0 Å². The highest BCUT2D eigenvalue weighted by atomic mass is 16.5. The van der Waals surface area contributed by atoms with Crippen molar-refractivity contribution in [3.63, 3.8) is 0 Å². The van der Waals surface area contributed by atoms with Gasteiger partial charge in [-0.25, -0.2) is 0 Å². The Morgan fingerprint density at radius 2 is 2.19 bits per heavy atom. The maximum Gasteiger partial charge on any atom is 0.227 e. The van der Waals surface area contributed by atoms with E-state index in [1.165, 1.54) is 0 Å². The molecule has 16 heavy (non-hydrogen) atoms. The topological polar surface area (TPSA) is 64.4 Å². The normalized spacial score (nSPS) is 25.2. The van der Waals surface area contributed by atoms with Gasteiger partial charge < -0.3 is 15.8 Å². The molecule has 1 fully saturated rings. The molecule has 1 saturated heterocycles. The van der Waals surface area contributed by atoms with Crippen molar-refractivity contribution in [3.8, 4) is 0 Å². The van der Waals surface area contributed by atoms with Crippen LogP contribution in [-0.4, -0.2) is 30.7 Å². The van der Waals surface area contributed by atoms with Crippen molar-refractivity contribution in [2.45, 2.75) is 52.2 Å². The highest BCUT2D eigenvalue weighted by Crippen LogP contribution is 2.24. The van der Waals surface area contributed by atoms with Crippen LogP contribution in [0.4, 0.5) is 0 Å². The number of carbonyl (C=O) groups is 1. The highest BCUT2D eigenvalue weighted by Gasteiger charge is 2.33. The van der Waals surface area contributed by atoms with Gasteiger partial charge in [-0.3, -0.25) is 4.79 Å². The van der Waals surface area contributed by atoms with Crippen LogP contribution in [0.5, 0.6) is 0 Å². The van der Waals surface area contributed by atoms with Crippen molar-refractivity contribution < 1.29 is 9.53 Å². The van der Waals surface area contributed by atoms with E-state index in [0.717, 1.165) is 12.8 Å². The Labute approximate surface area is 97.9 Å². The zero-order valence-electron chi connectivity index (χ0n) is 10.8. The van der Waals surface area contributed by atoms with E-state index < -0.39 is 5.41 Å².